The van der Waals surface area contributed by atoms with Crippen molar-refractivity contribution < 1.29 is 0 Å². The minimum atomic E-state index is 0.556. The van der Waals surface area contributed by atoms with E-state index in [4.69, 9.17) is 0 Å². The molecule has 3 aromatic rings. The number of benzene rings is 1. The van der Waals surface area contributed by atoms with E-state index in [1.165, 1.54) is 34.2 Å². The maximum absolute atomic E-state index is 4.49. The maximum atomic E-state index is 4.49. The number of fused-ring (bicyclic) bond motifs is 3. The first kappa shape index (κ1) is 13.7. The van der Waals surface area contributed by atoms with E-state index in [9.17, 15) is 0 Å². The Morgan fingerprint density at radius 1 is 1.09 bits per heavy atom. The molecule has 1 aromatic carbocycles. The second-order valence-corrected chi connectivity index (χ2v) is 7.25. The molecule has 3 nitrogen and oxygen atoms in total. The molecule has 0 bridgehead atoms. The Kier molecular flexibility index (Phi) is 3.34. The van der Waals surface area contributed by atoms with Gasteiger partial charge in [-0.1, -0.05) is 26.0 Å². The van der Waals surface area contributed by atoms with E-state index in [2.05, 4.69) is 53.4 Å². The van der Waals surface area contributed by atoms with E-state index in [-0.39, 0.29) is 0 Å². The molecule has 0 fully saturated rings. The van der Waals surface area contributed by atoms with Crippen molar-refractivity contribution in [1.29, 1.82) is 0 Å². The van der Waals surface area contributed by atoms with E-state index < -0.39 is 0 Å². The number of nitrogens with zero attached hydrogens (tertiary/aromatic N) is 2. The maximum Gasteiger partial charge on any atom is 0.142 e. The number of hydrogen-bond acceptors (Lipinski definition) is 4. The summed E-state index contributed by atoms with van der Waals surface area (Å²) < 4.78 is 0. The van der Waals surface area contributed by atoms with Crippen LogP contribution in [0.4, 0.5) is 11.5 Å². The van der Waals surface area contributed by atoms with E-state index >= 15 is 0 Å². The van der Waals surface area contributed by atoms with Gasteiger partial charge in [0.15, 0.2) is 0 Å². The van der Waals surface area contributed by atoms with Crippen molar-refractivity contribution in [3.63, 3.8) is 0 Å². The van der Waals surface area contributed by atoms with E-state index in [0.717, 1.165) is 22.8 Å². The monoisotopic (exact) mass is 309 g/mol. The van der Waals surface area contributed by atoms with Gasteiger partial charge in [0.2, 0.25) is 0 Å². The van der Waals surface area contributed by atoms with Gasteiger partial charge >= 0.3 is 0 Å². The quantitative estimate of drug-likeness (QED) is 0.736. The first-order valence-corrected chi connectivity index (χ1v) is 8.66. The lowest BCUT2D eigenvalue weighted by Gasteiger charge is -2.10. The highest BCUT2D eigenvalue weighted by atomic mass is 32.1. The Labute approximate surface area is 134 Å². The number of nitrogens with one attached hydrogen (secondary N) is 1. The Morgan fingerprint density at radius 2 is 1.91 bits per heavy atom. The van der Waals surface area contributed by atoms with Crippen molar-refractivity contribution in [3.05, 3.63) is 46.6 Å². The molecular weight excluding hydrogens is 290 g/mol. The molecule has 112 valence electrons. The molecule has 4 rings (SSSR count). The molecule has 0 radical (unpaired) electrons. The molecule has 2 aromatic heterocycles. The average Bonchev–Trinajstić information content (AvgIpc) is 3.08. The standard InChI is InChI=1S/C18H19N3S/c1-11(2)12-6-8-13(9-7-12)21-17-16-14-4-3-5-15(14)22-18(16)20-10-19-17/h6-11H,3-5H2,1-2H3,(H,19,20,21). The van der Waals surface area contributed by atoms with Crippen LogP contribution in [-0.2, 0) is 12.8 Å². The number of rotatable bonds is 3. The molecule has 0 saturated carbocycles. The van der Waals surface area contributed by atoms with Crippen LogP contribution in [0.15, 0.2) is 30.6 Å². The van der Waals surface area contributed by atoms with Gasteiger partial charge in [-0.3, -0.25) is 0 Å². The third-order valence-corrected chi connectivity index (χ3v) is 5.54. The summed E-state index contributed by atoms with van der Waals surface area (Å²) in [6.07, 6.45) is 5.27. The van der Waals surface area contributed by atoms with Crippen LogP contribution in [0.1, 0.15) is 42.2 Å². The third kappa shape index (κ3) is 2.28. The van der Waals surface area contributed by atoms with Crippen LogP contribution in [0.3, 0.4) is 0 Å². The summed E-state index contributed by atoms with van der Waals surface area (Å²) in [7, 11) is 0. The van der Waals surface area contributed by atoms with Gasteiger partial charge in [0.05, 0.1) is 5.39 Å². The molecule has 1 N–H and O–H groups in total. The van der Waals surface area contributed by atoms with E-state index in [0.29, 0.717) is 5.92 Å². The summed E-state index contributed by atoms with van der Waals surface area (Å²) in [5, 5.41) is 4.71. The Bertz CT molecular complexity index is 818. The highest BCUT2D eigenvalue weighted by Gasteiger charge is 2.21. The molecular formula is C18H19N3S. The summed E-state index contributed by atoms with van der Waals surface area (Å²) in [5.74, 6) is 1.50. The minimum Gasteiger partial charge on any atom is -0.340 e. The lowest BCUT2D eigenvalue weighted by molar-refractivity contribution is 0.867. The van der Waals surface area contributed by atoms with Crippen LogP contribution < -0.4 is 5.32 Å². The Balaban J connectivity index is 1.72. The van der Waals surface area contributed by atoms with Crippen LogP contribution in [0.25, 0.3) is 10.2 Å². The zero-order chi connectivity index (χ0) is 15.1. The molecule has 0 saturated heterocycles. The van der Waals surface area contributed by atoms with Gasteiger partial charge in [-0.15, -0.1) is 11.3 Å². The van der Waals surface area contributed by atoms with Crippen molar-refractivity contribution in [3.8, 4) is 0 Å². The number of aryl methyl sites for hydroxylation is 2. The molecule has 1 aliphatic rings. The lowest BCUT2D eigenvalue weighted by Crippen LogP contribution is -1.96. The SMILES string of the molecule is CC(C)c1ccc(Nc2ncnc3sc4c(c23)CCC4)cc1. The Hall–Kier alpha value is -1.94. The molecule has 0 atom stereocenters. The molecule has 0 aliphatic heterocycles. The van der Waals surface area contributed by atoms with Gasteiger partial charge in [0, 0.05) is 10.6 Å². The highest BCUT2D eigenvalue weighted by Crippen LogP contribution is 2.39. The third-order valence-electron chi connectivity index (χ3n) is 4.34. The second-order valence-electron chi connectivity index (χ2n) is 6.16. The molecule has 1 aliphatic carbocycles. The van der Waals surface area contributed by atoms with Crippen LogP contribution in [0.5, 0.6) is 0 Å². The second kappa shape index (κ2) is 5.36. The van der Waals surface area contributed by atoms with Crippen molar-refractivity contribution in [2.45, 2.75) is 39.0 Å². The van der Waals surface area contributed by atoms with E-state index in [1.54, 1.807) is 6.33 Å². The van der Waals surface area contributed by atoms with Gasteiger partial charge < -0.3 is 5.32 Å². The predicted octanol–water partition coefficient (Wildman–Crippen LogP) is 5.05. The molecule has 0 spiro atoms. The van der Waals surface area contributed by atoms with E-state index in [1.807, 2.05) is 11.3 Å². The van der Waals surface area contributed by atoms with Crippen LogP contribution in [-0.4, -0.2) is 9.97 Å². The summed E-state index contributed by atoms with van der Waals surface area (Å²) >= 11 is 1.83. The molecule has 22 heavy (non-hydrogen) atoms. The fourth-order valence-corrected chi connectivity index (χ4v) is 4.34. The molecule has 4 heteroatoms. The molecule has 2 heterocycles. The van der Waals surface area contributed by atoms with Crippen molar-refractivity contribution in [2.24, 2.45) is 0 Å². The predicted molar refractivity (Wildman–Crippen MR) is 93.3 cm³/mol. The summed E-state index contributed by atoms with van der Waals surface area (Å²) in [4.78, 5) is 11.6. The first-order chi connectivity index (χ1) is 10.7. The lowest BCUT2D eigenvalue weighted by atomic mass is 10.0. The average molecular weight is 309 g/mol. The van der Waals surface area contributed by atoms with Gasteiger partial charge in [0.1, 0.15) is 17.0 Å². The Morgan fingerprint density at radius 3 is 2.68 bits per heavy atom. The summed E-state index contributed by atoms with van der Waals surface area (Å²) in [6.45, 7) is 4.43. The van der Waals surface area contributed by atoms with Gasteiger partial charge in [-0.05, 0) is 48.4 Å². The van der Waals surface area contributed by atoms with Gasteiger partial charge in [-0.25, -0.2) is 9.97 Å². The molecule has 0 unspecified atom stereocenters. The van der Waals surface area contributed by atoms with Crippen molar-refractivity contribution >= 4 is 33.1 Å². The number of anilines is 2. The smallest absolute Gasteiger partial charge is 0.142 e. The van der Waals surface area contributed by atoms with Crippen molar-refractivity contribution in [1.82, 2.24) is 9.97 Å². The van der Waals surface area contributed by atoms with Crippen LogP contribution in [0, 0.1) is 0 Å². The summed E-state index contributed by atoms with van der Waals surface area (Å²) in [6, 6.07) is 8.64. The summed E-state index contributed by atoms with van der Waals surface area (Å²) in [5.41, 5.74) is 3.90. The normalized spacial score (nSPS) is 13.8. The fourth-order valence-electron chi connectivity index (χ4n) is 3.11. The number of hydrogen-bond donors (Lipinski definition) is 1. The topological polar surface area (TPSA) is 37.8 Å². The zero-order valence-electron chi connectivity index (χ0n) is 12.9. The van der Waals surface area contributed by atoms with Crippen molar-refractivity contribution in [2.75, 3.05) is 5.32 Å². The largest absolute Gasteiger partial charge is 0.340 e. The molecule has 0 amide bonds. The van der Waals surface area contributed by atoms with Crippen LogP contribution >= 0.6 is 11.3 Å². The minimum absolute atomic E-state index is 0.556. The van der Waals surface area contributed by atoms with Crippen LogP contribution in [0.2, 0.25) is 0 Å². The van der Waals surface area contributed by atoms with Gasteiger partial charge in [-0.2, -0.15) is 0 Å². The number of aromatic nitrogens is 2. The fraction of sp³-hybridized carbons (Fsp3) is 0.333. The first-order valence-electron chi connectivity index (χ1n) is 7.84. The highest BCUT2D eigenvalue weighted by molar-refractivity contribution is 7.19. The van der Waals surface area contributed by atoms with Gasteiger partial charge in [0.25, 0.3) is 0 Å². The number of thiophene rings is 1. The zero-order valence-corrected chi connectivity index (χ0v) is 13.7.